The van der Waals surface area contributed by atoms with E-state index in [0.29, 0.717) is 28.9 Å². The number of carbonyl (C=O) groups excluding carboxylic acids is 2. The summed E-state index contributed by atoms with van der Waals surface area (Å²) in [5, 5.41) is 9.53. The van der Waals surface area contributed by atoms with Crippen molar-refractivity contribution in [3.05, 3.63) is 66.1 Å². The van der Waals surface area contributed by atoms with Crippen LogP contribution in [0.2, 0.25) is 0 Å². The van der Waals surface area contributed by atoms with Crippen molar-refractivity contribution in [2.24, 2.45) is 0 Å². The number of anilines is 1. The van der Waals surface area contributed by atoms with Crippen molar-refractivity contribution in [3.8, 4) is 11.4 Å². The van der Waals surface area contributed by atoms with Crippen molar-refractivity contribution in [3.63, 3.8) is 0 Å². The Labute approximate surface area is 162 Å². The maximum atomic E-state index is 12.5. The Hall–Kier alpha value is -3.48. The van der Waals surface area contributed by atoms with Gasteiger partial charge in [-0.1, -0.05) is 35.5 Å². The van der Waals surface area contributed by atoms with E-state index in [1.165, 1.54) is 0 Å². The zero-order valence-corrected chi connectivity index (χ0v) is 15.4. The number of rotatable bonds is 6. The molecule has 1 saturated carbocycles. The minimum atomic E-state index is -0.692. The first-order chi connectivity index (χ1) is 13.6. The molecule has 28 heavy (non-hydrogen) atoms. The minimum absolute atomic E-state index is 0.295. The summed E-state index contributed by atoms with van der Waals surface area (Å²) in [6.45, 7) is 1.64. The third-order valence-corrected chi connectivity index (χ3v) is 4.53. The third kappa shape index (κ3) is 4.09. The van der Waals surface area contributed by atoms with Crippen LogP contribution in [0.25, 0.3) is 11.4 Å². The van der Waals surface area contributed by atoms with Crippen LogP contribution in [0.5, 0.6) is 0 Å². The predicted octanol–water partition coefficient (Wildman–Crippen LogP) is 3.37. The Morgan fingerprint density at radius 2 is 1.89 bits per heavy atom. The lowest BCUT2D eigenvalue weighted by Gasteiger charge is -2.14. The van der Waals surface area contributed by atoms with Gasteiger partial charge in [0.25, 0.3) is 5.91 Å². The monoisotopic (exact) mass is 376 g/mol. The van der Waals surface area contributed by atoms with Gasteiger partial charge in [0.15, 0.2) is 0 Å². The lowest BCUT2D eigenvalue weighted by Crippen LogP contribution is -2.41. The normalized spacial score (nSPS) is 14.3. The van der Waals surface area contributed by atoms with E-state index < -0.39 is 6.04 Å². The van der Waals surface area contributed by atoms with Crippen molar-refractivity contribution in [2.45, 2.75) is 31.7 Å². The molecule has 1 heterocycles. The third-order valence-electron chi connectivity index (χ3n) is 4.53. The Morgan fingerprint density at radius 3 is 2.64 bits per heavy atom. The zero-order chi connectivity index (χ0) is 19.5. The number of nitrogens with zero attached hydrogens (tertiary/aromatic N) is 2. The Morgan fingerprint density at radius 1 is 1.11 bits per heavy atom. The molecule has 0 radical (unpaired) electrons. The highest BCUT2D eigenvalue weighted by atomic mass is 16.5. The summed E-state index contributed by atoms with van der Waals surface area (Å²) in [6.07, 6.45) is 2.18. The smallest absolute Gasteiger partial charge is 0.251 e. The fourth-order valence-electron chi connectivity index (χ4n) is 2.77. The first-order valence-electron chi connectivity index (χ1n) is 9.21. The van der Waals surface area contributed by atoms with Crippen molar-refractivity contribution in [2.75, 3.05) is 5.32 Å². The molecule has 0 saturated heterocycles. The van der Waals surface area contributed by atoms with Crippen LogP contribution in [0.4, 0.5) is 5.69 Å². The number of amides is 2. The molecule has 2 N–H and O–H groups in total. The summed E-state index contributed by atoms with van der Waals surface area (Å²) in [4.78, 5) is 29.1. The van der Waals surface area contributed by atoms with Gasteiger partial charge in [-0.15, -0.1) is 0 Å². The standard InChI is InChI=1S/C21H20N4O3/c1-13(22-20(27)14-6-3-2-4-7-14)19(26)23-17-9-5-8-16(12-17)18-24-21(28-25-18)15-10-11-15/h2-9,12-13,15H,10-11H2,1H3,(H,22,27)(H,23,26)/t13-/m1/s1. The van der Waals surface area contributed by atoms with Gasteiger partial charge in [0.2, 0.25) is 17.6 Å². The first-order valence-corrected chi connectivity index (χ1v) is 9.21. The van der Waals surface area contributed by atoms with Gasteiger partial charge in [0, 0.05) is 22.7 Å². The summed E-state index contributed by atoms with van der Waals surface area (Å²) in [6, 6.07) is 15.3. The van der Waals surface area contributed by atoms with Gasteiger partial charge < -0.3 is 15.2 Å². The Bertz CT molecular complexity index is 996. The second-order valence-electron chi connectivity index (χ2n) is 6.86. The number of aromatic nitrogens is 2. The minimum Gasteiger partial charge on any atom is -0.341 e. The molecule has 1 aliphatic rings. The fraction of sp³-hybridized carbons (Fsp3) is 0.238. The highest BCUT2D eigenvalue weighted by molar-refractivity contribution is 6.01. The van der Waals surface area contributed by atoms with Gasteiger partial charge in [-0.2, -0.15) is 4.98 Å². The van der Waals surface area contributed by atoms with E-state index >= 15 is 0 Å². The number of hydrogen-bond acceptors (Lipinski definition) is 5. The highest BCUT2D eigenvalue weighted by Crippen LogP contribution is 2.39. The van der Waals surface area contributed by atoms with E-state index in [1.807, 2.05) is 18.2 Å². The van der Waals surface area contributed by atoms with E-state index in [4.69, 9.17) is 4.52 Å². The fourth-order valence-corrected chi connectivity index (χ4v) is 2.77. The molecule has 7 heteroatoms. The summed E-state index contributed by atoms with van der Waals surface area (Å²) >= 11 is 0. The van der Waals surface area contributed by atoms with Crippen LogP contribution in [0.15, 0.2) is 59.1 Å². The van der Waals surface area contributed by atoms with Crippen molar-refractivity contribution in [1.29, 1.82) is 0 Å². The maximum absolute atomic E-state index is 12.5. The topological polar surface area (TPSA) is 97.1 Å². The molecule has 0 unspecified atom stereocenters. The summed E-state index contributed by atoms with van der Waals surface area (Å²) < 4.78 is 5.29. The van der Waals surface area contributed by atoms with Crippen LogP contribution in [0.1, 0.15) is 41.9 Å². The van der Waals surface area contributed by atoms with Crippen molar-refractivity contribution >= 4 is 17.5 Å². The number of hydrogen-bond donors (Lipinski definition) is 2. The number of nitrogens with one attached hydrogen (secondary N) is 2. The van der Waals surface area contributed by atoms with E-state index in [9.17, 15) is 9.59 Å². The molecule has 1 aromatic heterocycles. The molecule has 1 fully saturated rings. The molecule has 1 atom stereocenters. The van der Waals surface area contributed by atoms with Crippen LogP contribution in [0, 0.1) is 0 Å². The number of carbonyl (C=O) groups is 2. The zero-order valence-electron chi connectivity index (χ0n) is 15.4. The molecule has 7 nitrogen and oxygen atoms in total. The van der Waals surface area contributed by atoms with Crippen LogP contribution in [-0.4, -0.2) is 28.0 Å². The van der Waals surface area contributed by atoms with Crippen LogP contribution in [0.3, 0.4) is 0 Å². The van der Waals surface area contributed by atoms with E-state index in [1.54, 1.807) is 43.3 Å². The van der Waals surface area contributed by atoms with Crippen LogP contribution < -0.4 is 10.6 Å². The van der Waals surface area contributed by atoms with Crippen molar-refractivity contribution in [1.82, 2.24) is 15.5 Å². The SMILES string of the molecule is C[C@@H](NC(=O)c1ccccc1)C(=O)Nc1cccc(-c2noc(C3CC3)n2)c1. The van der Waals surface area contributed by atoms with Gasteiger partial charge in [-0.05, 0) is 44.0 Å². The first kappa shape index (κ1) is 17.9. The highest BCUT2D eigenvalue weighted by Gasteiger charge is 2.29. The van der Waals surface area contributed by atoms with Gasteiger partial charge in [0.05, 0.1) is 0 Å². The maximum Gasteiger partial charge on any atom is 0.251 e. The molecule has 1 aliphatic carbocycles. The second kappa shape index (κ2) is 7.64. The average Bonchev–Trinajstić information content (AvgIpc) is 3.45. The molecule has 0 bridgehead atoms. The molecule has 142 valence electrons. The molecule has 0 aliphatic heterocycles. The summed E-state index contributed by atoms with van der Waals surface area (Å²) in [5.41, 5.74) is 1.86. The molecular formula is C21H20N4O3. The van der Waals surface area contributed by atoms with E-state index in [2.05, 4.69) is 20.8 Å². The van der Waals surface area contributed by atoms with Gasteiger partial charge in [-0.25, -0.2) is 0 Å². The lowest BCUT2D eigenvalue weighted by molar-refractivity contribution is -0.117. The van der Waals surface area contributed by atoms with Crippen LogP contribution >= 0.6 is 0 Å². The quantitative estimate of drug-likeness (QED) is 0.687. The summed E-state index contributed by atoms with van der Waals surface area (Å²) in [5.74, 6) is 0.952. The molecule has 3 aromatic rings. The summed E-state index contributed by atoms with van der Waals surface area (Å²) in [7, 11) is 0. The predicted molar refractivity (Wildman–Crippen MR) is 104 cm³/mol. The number of benzene rings is 2. The van der Waals surface area contributed by atoms with Gasteiger partial charge >= 0.3 is 0 Å². The van der Waals surface area contributed by atoms with Gasteiger partial charge in [0.1, 0.15) is 6.04 Å². The van der Waals surface area contributed by atoms with Crippen molar-refractivity contribution < 1.29 is 14.1 Å². The average molecular weight is 376 g/mol. The Kier molecular flexibility index (Phi) is 4.89. The van der Waals surface area contributed by atoms with Crippen LogP contribution in [-0.2, 0) is 4.79 Å². The Balaban J connectivity index is 1.40. The molecule has 4 rings (SSSR count). The second-order valence-corrected chi connectivity index (χ2v) is 6.86. The van der Waals surface area contributed by atoms with E-state index in [0.717, 1.165) is 18.4 Å². The lowest BCUT2D eigenvalue weighted by atomic mass is 10.1. The molecule has 2 amide bonds. The van der Waals surface area contributed by atoms with Gasteiger partial charge in [-0.3, -0.25) is 9.59 Å². The largest absolute Gasteiger partial charge is 0.341 e. The molecule has 0 spiro atoms. The molecular weight excluding hydrogens is 356 g/mol. The molecule has 2 aromatic carbocycles. The van der Waals surface area contributed by atoms with E-state index in [-0.39, 0.29) is 11.8 Å².